The molecule has 7 heteroatoms. The van der Waals surface area contributed by atoms with Crippen molar-refractivity contribution in [3.05, 3.63) is 23.8 Å². The Hall–Kier alpha value is -1.15. The first-order valence-electron chi connectivity index (χ1n) is 6.94. The van der Waals surface area contributed by atoms with Crippen LogP contribution in [0.5, 0.6) is 0 Å². The largest absolute Gasteiger partial charge is 0.383 e. The van der Waals surface area contributed by atoms with Crippen LogP contribution >= 0.6 is 0 Å². The molecule has 4 N–H and O–H groups in total. The molecule has 6 nitrogen and oxygen atoms in total. The highest BCUT2D eigenvalue weighted by Crippen LogP contribution is 2.21. The molecule has 0 saturated carbocycles. The van der Waals surface area contributed by atoms with Gasteiger partial charge in [-0.15, -0.1) is 0 Å². The molecule has 1 atom stereocenters. The number of methoxy groups -OCH3 is 1. The molecular formula is C14H25N3O3S. The van der Waals surface area contributed by atoms with Crippen LogP contribution in [0.3, 0.4) is 0 Å². The molecule has 1 aromatic carbocycles. The van der Waals surface area contributed by atoms with Gasteiger partial charge in [0.1, 0.15) is 0 Å². The average molecular weight is 315 g/mol. The summed E-state index contributed by atoms with van der Waals surface area (Å²) in [5, 5.41) is 3.35. The standard InChI is InChI=1S/C14H25N3O3S/c1-11-6-7-13(21(18,19)16-2)9-14(11)17-12(10-20-3)5-4-8-15/h6-7,9,12,16-17H,4-5,8,10,15H2,1-3H3. The van der Waals surface area contributed by atoms with E-state index >= 15 is 0 Å². The van der Waals surface area contributed by atoms with Gasteiger partial charge >= 0.3 is 0 Å². The van der Waals surface area contributed by atoms with Gasteiger partial charge in [0.05, 0.1) is 11.5 Å². The van der Waals surface area contributed by atoms with Crippen LogP contribution in [0.25, 0.3) is 0 Å². The zero-order valence-electron chi connectivity index (χ0n) is 12.8. The molecule has 0 aliphatic rings. The molecule has 1 rings (SSSR count). The smallest absolute Gasteiger partial charge is 0.240 e. The van der Waals surface area contributed by atoms with Gasteiger partial charge in [0.15, 0.2) is 0 Å². The maximum Gasteiger partial charge on any atom is 0.240 e. The number of hydrogen-bond acceptors (Lipinski definition) is 5. The molecule has 0 bridgehead atoms. The quantitative estimate of drug-likeness (QED) is 0.634. The summed E-state index contributed by atoms with van der Waals surface area (Å²) in [6, 6.07) is 5.13. The number of sulfonamides is 1. The van der Waals surface area contributed by atoms with Crippen molar-refractivity contribution in [2.45, 2.75) is 30.7 Å². The Balaban J connectivity index is 2.97. The van der Waals surface area contributed by atoms with Gasteiger partial charge in [-0.2, -0.15) is 0 Å². The third-order valence-corrected chi connectivity index (χ3v) is 4.68. The van der Waals surface area contributed by atoms with E-state index in [0.717, 1.165) is 24.1 Å². The summed E-state index contributed by atoms with van der Waals surface area (Å²) in [6.45, 7) is 3.10. The molecule has 21 heavy (non-hydrogen) atoms. The fraction of sp³-hybridized carbons (Fsp3) is 0.571. The molecule has 0 aliphatic carbocycles. The van der Waals surface area contributed by atoms with Crippen LogP contribution in [0.2, 0.25) is 0 Å². The Labute approximate surface area is 127 Å². The zero-order chi connectivity index (χ0) is 15.9. The van der Waals surface area contributed by atoms with Gasteiger partial charge in [-0.3, -0.25) is 0 Å². The minimum absolute atomic E-state index is 0.102. The van der Waals surface area contributed by atoms with Crippen molar-refractivity contribution in [3.63, 3.8) is 0 Å². The number of rotatable bonds is 9. The first-order valence-corrected chi connectivity index (χ1v) is 8.42. The minimum atomic E-state index is -3.44. The van der Waals surface area contributed by atoms with Crippen molar-refractivity contribution >= 4 is 15.7 Å². The van der Waals surface area contributed by atoms with Crippen LogP contribution in [-0.4, -0.2) is 41.8 Å². The Morgan fingerprint density at radius 3 is 2.67 bits per heavy atom. The van der Waals surface area contributed by atoms with E-state index in [-0.39, 0.29) is 10.9 Å². The first-order chi connectivity index (χ1) is 9.94. The lowest BCUT2D eigenvalue weighted by Gasteiger charge is -2.21. The highest BCUT2D eigenvalue weighted by Gasteiger charge is 2.15. The van der Waals surface area contributed by atoms with Crippen molar-refractivity contribution in [2.24, 2.45) is 5.73 Å². The predicted octanol–water partition coefficient (Wildman–Crippen LogP) is 1.07. The van der Waals surface area contributed by atoms with E-state index in [1.807, 2.05) is 6.92 Å². The lowest BCUT2D eigenvalue weighted by Crippen LogP contribution is -2.26. The Bertz CT molecular complexity index is 546. The van der Waals surface area contributed by atoms with Gasteiger partial charge in [0.25, 0.3) is 0 Å². The summed E-state index contributed by atoms with van der Waals surface area (Å²) in [5.74, 6) is 0. The fourth-order valence-electron chi connectivity index (χ4n) is 2.02. The third-order valence-electron chi connectivity index (χ3n) is 3.27. The maximum atomic E-state index is 11.9. The molecule has 0 aromatic heterocycles. The topological polar surface area (TPSA) is 93.5 Å². The predicted molar refractivity (Wildman–Crippen MR) is 85.0 cm³/mol. The number of benzene rings is 1. The lowest BCUT2D eigenvalue weighted by atomic mass is 10.1. The van der Waals surface area contributed by atoms with Gasteiger partial charge in [0.2, 0.25) is 10.0 Å². The molecule has 0 aliphatic heterocycles. The number of nitrogens with two attached hydrogens (primary N) is 1. The van der Waals surface area contributed by atoms with Crippen LogP contribution in [0.4, 0.5) is 5.69 Å². The highest BCUT2D eigenvalue weighted by atomic mass is 32.2. The normalized spacial score (nSPS) is 13.1. The van der Waals surface area contributed by atoms with Crippen molar-refractivity contribution in [2.75, 3.05) is 32.6 Å². The first kappa shape index (κ1) is 17.9. The third kappa shape index (κ3) is 5.28. The zero-order valence-corrected chi connectivity index (χ0v) is 13.7. The van der Waals surface area contributed by atoms with Crippen molar-refractivity contribution in [1.82, 2.24) is 4.72 Å². The second kappa shape index (κ2) is 8.33. The Morgan fingerprint density at radius 1 is 1.38 bits per heavy atom. The average Bonchev–Trinajstić information content (AvgIpc) is 2.47. The summed E-state index contributed by atoms with van der Waals surface area (Å²) in [7, 11) is -0.399. The van der Waals surface area contributed by atoms with Gasteiger partial charge in [-0.05, 0) is 51.1 Å². The van der Waals surface area contributed by atoms with E-state index in [9.17, 15) is 8.42 Å². The summed E-state index contributed by atoms with van der Waals surface area (Å²) < 4.78 is 31.3. The molecule has 0 heterocycles. The second-order valence-corrected chi connectivity index (χ2v) is 6.80. The van der Waals surface area contributed by atoms with Crippen LogP contribution in [0, 0.1) is 6.92 Å². The SMILES string of the molecule is CNS(=O)(=O)c1ccc(C)c(NC(CCCN)COC)c1. The number of hydrogen-bond donors (Lipinski definition) is 3. The Kier molecular flexibility index (Phi) is 7.10. The summed E-state index contributed by atoms with van der Waals surface area (Å²) >= 11 is 0. The molecule has 1 unspecified atom stereocenters. The minimum Gasteiger partial charge on any atom is -0.383 e. The van der Waals surface area contributed by atoms with E-state index in [4.69, 9.17) is 10.5 Å². The molecule has 0 fully saturated rings. The van der Waals surface area contributed by atoms with E-state index in [0.29, 0.717) is 13.2 Å². The van der Waals surface area contributed by atoms with E-state index < -0.39 is 10.0 Å². The molecule has 0 radical (unpaired) electrons. The number of anilines is 1. The maximum absolute atomic E-state index is 11.9. The van der Waals surface area contributed by atoms with E-state index in [2.05, 4.69) is 10.0 Å². The van der Waals surface area contributed by atoms with Crippen molar-refractivity contribution < 1.29 is 13.2 Å². The van der Waals surface area contributed by atoms with Crippen molar-refractivity contribution in [3.8, 4) is 0 Å². The van der Waals surface area contributed by atoms with Gasteiger partial charge < -0.3 is 15.8 Å². The molecule has 0 amide bonds. The molecule has 0 saturated heterocycles. The van der Waals surface area contributed by atoms with Crippen LogP contribution in [0.1, 0.15) is 18.4 Å². The number of nitrogens with one attached hydrogen (secondary N) is 2. The van der Waals surface area contributed by atoms with Gasteiger partial charge in [-0.1, -0.05) is 6.07 Å². The summed E-state index contributed by atoms with van der Waals surface area (Å²) in [5.41, 5.74) is 7.32. The molecule has 1 aromatic rings. The van der Waals surface area contributed by atoms with Gasteiger partial charge in [-0.25, -0.2) is 13.1 Å². The van der Waals surface area contributed by atoms with Crippen LogP contribution in [0.15, 0.2) is 23.1 Å². The number of ether oxygens (including phenoxy) is 1. The molecule has 120 valence electrons. The van der Waals surface area contributed by atoms with Crippen LogP contribution in [-0.2, 0) is 14.8 Å². The molecular weight excluding hydrogens is 290 g/mol. The second-order valence-electron chi connectivity index (χ2n) is 4.91. The van der Waals surface area contributed by atoms with Gasteiger partial charge in [0, 0.05) is 18.8 Å². The Morgan fingerprint density at radius 2 is 2.10 bits per heavy atom. The molecule has 0 spiro atoms. The monoisotopic (exact) mass is 315 g/mol. The van der Waals surface area contributed by atoms with Crippen molar-refractivity contribution in [1.29, 1.82) is 0 Å². The number of aryl methyl sites for hydroxylation is 1. The summed E-state index contributed by atoms with van der Waals surface area (Å²) in [4.78, 5) is 0.244. The summed E-state index contributed by atoms with van der Waals surface area (Å²) in [6.07, 6.45) is 1.75. The van der Waals surface area contributed by atoms with Crippen LogP contribution < -0.4 is 15.8 Å². The fourth-order valence-corrected chi connectivity index (χ4v) is 2.78. The highest BCUT2D eigenvalue weighted by molar-refractivity contribution is 7.89. The van der Waals surface area contributed by atoms with E-state index in [1.54, 1.807) is 25.3 Å². The lowest BCUT2D eigenvalue weighted by molar-refractivity contribution is 0.182. The van der Waals surface area contributed by atoms with E-state index in [1.165, 1.54) is 7.05 Å².